The largest absolute Gasteiger partial charge is 0.497 e. The summed E-state index contributed by atoms with van der Waals surface area (Å²) < 4.78 is 49.3. The van der Waals surface area contributed by atoms with Crippen LogP contribution in [0.2, 0.25) is 0 Å². The van der Waals surface area contributed by atoms with Gasteiger partial charge in [0.25, 0.3) is 0 Å². The summed E-state index contributed by atoms with van der Waals surface area (Å²) in [6, 6.07) is 34.5. The Labute approximate surface area is 359 Å². The molecular formula is C45H51N4O10PS. The Bertz CT molecular complexity index is 2300. The third-order valence-electron chi connectivity index (χ3n) is 10.8. The molecule has 1 spiro atoms. The second-order valence-corrected chi connectivity index (χ2v) is 18.3. The minimum absolute atomic E-state index is 0.0853. The summed E-state index contributed by atoms with van der Waals surface area (Å²) in [7, 11) is -0.998. The van der Waals surface area contributed by atoms with Gasteiger partial charge in [0.05, 0.1) is 50.4 Å². The highest BCUT2D eigenvalue weighted by atomic mass is 32.2. The van der Waals surface area contributed by atoms with Gasteiger partial charge < -0.3 is 33.9 Å². The van der Waals surface area contributed by atoms with Crippen molar-refractivity contribution in [1.82, 2.24) is 14.6 Å². The molecular weight excluding hydrogens is 820 g/mol. The molecule has 0 aliphatic carbocycles. The van der Waals surface area contributed by atoms with Gasteiger partial charge in [-0.3, -0.25) is 13.9 Å². The first-order chi connectivity index (χ1) is 29.4. The standard InChI is InChI=1S/C45H51N4O10PS/c1-30(2)57-42(51)31(3)48-60(53,59-37-14-10-7-11-15-37)56-29-38-41(50)44(25-27-61-44)39(58-38)28-49-26-24-40(46-43(49)52)47-45(32-12-8-6-9-13-32,33-16-20-35(54-4)21-17-33)34-18-22-36(55-5)23-19-34/h6-24,26,30-31,38-39,41,50H,25,27-29H2,1-5H3,(H,48,53)(H,46,47,52)/t31-,38+,39-,41+,44-,60?/m0/s1. The lowest BCUT2D eigenvalue weighted by molar-refractivity contribution is -0.149. The zero-order chi connectivity index (χ0) is 43.2. The summed E-state index contributed by atoms with van der Waals surface area (Å²) in [5.74, 6) is 2.12. The number of aliphatic hydroxyl groups is 1. The Hall–Kier alpha value is -5.15. The minimum atomic E-state index is -4.23. The molecule has 2 saturated heterocycles. The third-order valence-corrected chi connectivity index (χ3v) is 14.1. The van der Waals surface area contributed by atoms with E-state index in [9.17, 15) is 19.3 Å². The summed E-state index contributed by atoms with van der Waals surface area (Å²) in [5, 5.41) is 18.0. The number of hydrogen-bond acceptors (Lipinski definition) is 13. The van der Waals surface area contributed by atoms with E-state index < -0.39 is 54.0 Å². The number of benzene rings is 4. The van der Waals surface area contributed by atoms with E-state index in [1.807, 2.05) is 78.9 Å². The lowest BCUT2D eigenvalue weighted by Gasteiger charge is -2.43. The highest BCUT2D eigenvalue weighted by Gasteiger charge is 2.60. The molecule has 2 aliphatic rings. The lowest BCUT2D eigenvalue weighted by atomic mass is 9.77. The minimum Gasteiger partial charge on any atom is -0.497 e. The van der Waals surface area contributed by atoms with E-state index in [0.717, 1.165) is 22.4 Å². The van der Waals surface area contributed by atoms with Crippen molar-refractivity contribution in [2.75, 3.05) is 31.9 Å². The molecule has 6 atom stereocenters. The normalized spacial score (nSPS) is 21.3. The SMILES string of the molecule is COc1ccc(C(Nc2ccn(C[C@@H]3O[C@H](COP(=O)(N[C@@H](C)C(=O)OC(C)C)Oc4ccccc4)[C@@H](O)[C@]34CCS4)c(=O)n2)(c2ccccc2)c2ccc(OC)cc2)cc1. The quantitative estimate of drug-likeness (QED) is 0.0478. The Morgan fingerprint density at radius 3 is 2.00 bits per heavy atom. The molecule has 7 rings (SSSR count). The first-order valence-corrected chi connectivity index (χ1v) is 22.6. The van der Waals surface area contributed by atoms with Crippen LogP contribution in [-0.2, 0) is 35.4 Å². The molecule has 3 N–H and O–H groups in total. The van der Waals surface area contributed by atoms with Crippen LogP contribution in [0.25, 0.3) is 0 Å². The van der Waals surface area contributed by atoms with E-state index in [1.165, 1.54) is 11.5 Å². The van der Waals surface area contributed by atoms with Gasteiger partial charge in [0.1, 0.15) is 40.8 Å². The summed E-state index contributed by atoms with van der Waals surface area (Å²) in [6.07, 6.45) is -0.698. The fourth-order valence-corrected chi connectivity index (χ4v) is 10.5. The molecule has 2 aliphatic heterocycles. The fraction of sp³-hybridized carbons (Fsp3) is 0.356. The number of aromatic nitrogens is 2. The lowest BCUT2D eigenvalue weighted by Crippen LogP contribution is -2.53. The van der Waals surface area contributed by atoms with Gasteiger partial charge in [0.2, 0.25) is 0 Å². The van der Waals surface area contributed by atoms with Crippen molar-refractivity contribution in [3.8, 4) is 17.2 Å². The molecule has 3 heterocycles. The Morgan fingerprint density at radius 2 is 1.48 bits per heavy atom. The number of ether oxygens (including phenoxy) is 4. The average Bonchev–Trinajstić information content (AvgIpc) is 3.54. The van der Waals surface area contributed by atoms with E-state index in [1.54, 1.807) is 82.4 Å². The molecule has 61 heavy (non-hydrogen) atoms. The first-order valence-electron chi connectivity index (χ1n) is 20.0. The molecule has 0 bridgehead atoms. The van der Waals surface area contributed by atoms with Crippen LogP contribution >= 0.6 is 19.5 Å². The molecule has 2 fully saturated rings. The summed E-state index contributed by atoms with van der Waals surface area (Å²) in [4.78, 5) is 31.2. The van der Waals surface area contributed by atoms with Gasteiger partial charge in [-0.05, 0) is 92.1 Å². The van der Waals surface area contributed by atoms with Gasteiger partial charge in [-0.15, -0.1) is 11.8 Å². The van der Waals surface area contributed by atoms with Crippen molar-refractivity contribution in [2.45, 2.75) is 74.5 Å². The fourth-order valence-electron chi connectivity index (χ4n) is 7.66. The topological polar surface area (TPSA) is 169 Å². The number of hydrogen-bond donors (Lipinski definition) is 3. The number of carbonyl (C=O) groups excluding carboxylic acids is 1. The van der Waals surface area contributed by atoms with Crippen molar-refractivity contribution in [2.24, 2.45) is 0 Å². The third kappa shape index (κ3) is 9.52. The first kappa shape index (κ1) is 43.9. The van der Waals surface area contributed by atoms with Crippen molar-refractivity contribution in [1.29, 1.82) is 0 Å². The number of anilines is 1. The van der Waals surface area contributed by atoms with Crippen molar-refractivity contribution in [3.05, 3.63) is 149 Å². The van der Waals surface area contributed by atoms with E-state index in [2.05, 4.69) is 15.4 Å². The smallest absolute Gasteiger partial charge is 0.459 e. The molecule has 16 heteroatoms. The van der Waals surface area contributed by atoms with Crippen LogP contribution in [0.15, 0.2) is 126 Å². The highest BCUT2D eigenvalue weighted by molar-refractivity contribution is 8.02. The van der Waals surface area contributed by atoms with Gasteiger partial charge in [-0.25, -0.2) is 9.36 Å². The number of esters is 1. The van der Waals surface area contributed by atoms with Crippen LogP contribution in [0.3, 0.4) is 0 Å². The number of aliphatic hydroxyl groups excluding tert-OH is 1. The van der Waals surface area contributed by atoms with Crippen LogP contribution in [0.5, 0.6) is 17.2 Å². The number of nitrogens with one attached hydrogen (secondary N) is 2. The van der Waals surface area contributed by atoms with Gasteiger partial charge in [-0.1, -0.05) is 72.8 Å². The molecule has 4 aromatic carbocycles. The van der Waals surface area contributed by atoms with E-state index in [4.69, 9.17) is 28.0 Å². The molecule has 0 saturated carbocycles. The summed E-state index contributed by atoms with van der Waals surface area (Å²) in [6.45, 7) is 4.67. The molecule has 1 unspecified atom stereocenters. The zero-order valence-electron chi connectivity index (χ0n) is 34.6. The summed E-state index contributed by atoms with van der Waals surface area (Å²) in [5.41, 5.74) is 1.12. The predicted octanol–water partition coefficient (Wildman–Crippen LogP) is 6.80. The second kappa shape index (κ2) is 18.9. The van der Waals surface area contributed by atoms with Crippen LogP contribution in [0, 0.1) is 0 Å². The van der Waals surface area contributed by atoms with Gasteiger partial charge in [0.15, 0.2) is 0 Å². The van der Waals surface area contributed by atoms with Crippen molar-refractivity contribution < 1.29 is 42.5 Å². The van der Waals surface area contributed by atoms with Gasteiger partial charge >= 0.3 is 19.4 Å². The molecule has 1 aromatic heterocycles. The Balaban J connectivity index is 1.14. The van der Waals surface area contributed by atoms with Crippen LogP contribution in [0.1, 0.15) is 43.9 Å². The average molecular weight is 871 g/mol. The highest BCUT2D eigenvalue weighted by Crippen LogP contribution is 2.54. The van der Waals surface area contributed by atoms with Crippen LogP contribution in [0.4, 0.5) is 5.82 Å². The number of thioether (sulfide) groups is 1. The zero-order valence-corrected chi connectivity index (χ0v) is 36.3. The Morgan fingerprint density at radius 1 is 0.902 bits per heavy atom. The summed E-state index contributed by atoms with van der Waals surface area (Å²) >= 11 is 1.55. The maximum atomic E-state index is 14.2. The number of rotatable bonds is 18. The van der Waals surface area contributed by atoms with Gasteiger partial charge in [0, 0.05) is 6.20 Å². The van der Waals surface area contributed by atoms with E-state index in [0.29, 0.717) is 23.7 Å². The maximum Gasteiger partial charge on any atom is 0.459 e. The maximum absolute atomic E-state index is 14.2. The molecule has 0 radical (unpaired) electrons. The second-order valence-electron chi connectivity index (χ2n) is 15.1. The van der Waals surface area contributed by atoms with Crippen molar-refractivity contribution >= 4 is 31.3 Å². The van der Waals surface area contributed by atoms with Crippen molar-refractivity contribution in [3.63, 3.8) is 0 Å². The number of methoxy groups -OCH3 is 2. The number of para-hydroxylation sites is 1. The Kier molecular flexibility index (Phi) is 13.6. The molecule has 322 valence electrons. The number of nitrogens with zero attached hydrogens (tertiary/aromatic N) is 2. The predicted molar refractivity (Wildman–Crippen MR) is 233 cm³/mol. The molecule has 14 nitrogen and oxygen atoms in total. The molecule has 0 amide bonds. The van der Waals surface area contributed by atoms with Crippen LogP contribution < -0.4 is 30.1 Å². The van der Waals surface area contributed by atoms with Gasteiger partial charge in [-0.2, -0.15) is 10.1 Å². The van der Waals surface area contributed by atoms with Crippen LogP contribution in [-0.4, -0.2) is 82.4 Å². The molecule has 5 aromatic rings. The monoisotopic (exact) mass is 870 g/mol. The van der Waals surface area contributed by atoms with E-state index in [-0.39, 0.29) is 25.0 Å². The van der Waals surface area contributed by atoms with E-state index >= 15 is 0 Å². The number of carbonyl (C=O) groups is 1.